The zero-order valence-corrected chi connectivity index (χ0v) is 17.5. The molecule has 1 aromatic heterocycles. The van der Waals surface area contributed by atoms with Crippen molar-refractivity contribution in [2.45, 2.75) is 18.9 Å². The molecule has 1 N–H and O–H groups in total. The molecule has 0 spiro atoms. The average Bonchev–Trinajstić information content (AvgIpc) is 3.39. The quantitative estimate of drug-likeness (QED) is 0.673. The van der Waals surface area contributed by atoms with Gasteiger partial charge in [-0.1, -0.05) is 24.3 Å². The SMILES string of the molecule is Cl.O=C(CCc1nc2ccccc2s1)N1C[C@@H]2CNC[C@@H]2[C@@H]1c1cccc(F)c1. The smallest absolute Gasteiger partial charge is 0.223 e. The third-order valence-electron chi connectivity index (χ3n) is 5.97. The Labute approximate surface area is 179 Å². The third kappa shape index (κ3) is 3.89. The summed E-state index contributed by atoms with van der Waals surface area (Å²) < 4.78 is 15.0. The van der Waals surface area contributed by atoms with Crippen molar-refractivity contribution in [3.8, 4) is 0 Å². The number of hydrogen-bond acceptors (Lipinski definition) is 4. The largest absolute Gasteiger partial charge is 0.335 e. The Morgan fingerprint density at radius 2 is 2.07 bits per heavy atom. The first kappa shape index (κ1) is 20.3. The Morgan fingerprint density at radius 1 is 1.21 bits per heavy atom. The number of amides is 1. The molecule has 29 heavy (non-hydrogen) atoms. The van der Waals surface area contributed by atoms with Gasteiger partial charge in [-0.25, -0.2) is 9.37 Å². The molecule has 4 nitrogen and oxygen atoms in total. The third-order valence-corrected chi connectivity index (χ3v) is 7.06. The summed E-state index contributed by atoms with van der Waals surface area (Å²) in [7, 11) is 0. The number of fused-ring (bicyclic) bond motifs is 2. The van der Waals surface area contributed by atoms with Gasteiger partial charge in [0, 0.05) is 38.4 Å². The van der Waals surface area contributed by atoms with Crippen LogP contribution in [0.25, 0.3) is 10.2 Å². The van der Waals surface area contributed by atoms with E-state index in [2.05, 4.69) is 16.4 Å². The summed E-state index contributed by atoms with van der Waals surface area (Å²) in [6, 6.07) is 14.7. The van der Waals surface area contributed by atoms with Crippen molar-refractivity contribution < 1.29 is 9.18 Å². The number of rotatable bonds is 4. The van der Waals surface area contributed by atoms with Gasteiger partial charge >= 0.3 is 0 Å². The van der Waals surface area contributed by atoms with Crippen LogP contribution >= 0.6 is 23.7 Å². The lowest BCUT2D eigenvalue weighted by Crippen LogP contribution is -2.34. The summed E-state index contributed by atoms with van der Waals surface area (Å²) in [4.78, 5) is 19.8. The molecule has 0 aliphatic carbocycles. The normalized spacial score (nSPS) is 23.2. The lowest BCUT2D eigenvalue weighted by molar-refractivity contribution is -0.132. The van der Waals surface area contributed by atoms with Crippen LogP contribution in [0, 0.1) is 17.7 Å². The van der Waals surface area contributed by atoms with E-state index in [0.29, 0.717) is 24.7 Å². The summed E-state index contributed by atoms with van der Waals surface area (Å²) in [5, 5.41) is 4.43. The Kier molecular flexibility index (Phi) is 5.86. The molecular formula is C22H23ClFN3OS. The van der Waals surface area contributed by atoms with Crippen molar-refractivity contribution in [1.29, 1.82) is 0 Å². The standard InChI is InChI=1S/C22H22FN3OS.ClH/c23-16-5-3-4-14(10-16)22-17-12-24-11-15(17)13-26(22)21(27)9-8-20-25-18-6-1-2-7-19(18)28-20;/h1-7,10,15,17,22,24H,8-9,11-13H2;1H/t15-,17-,22-;/m0./s1. The fraction of sp³-hybridized carbons (Fsp3) is 0.364. The molecule has 1 amide bonds. The van der Waals surface area contributed by atoms with Crippen molar-refractivity contribution in [2.75, 3.05) is 19.6 Å². The van der Waals surface area contributed by atoms with Crippen molar-refractivity contribution in [3.63, 3.8) is 0 Å². The van der Waals surface area contributed by atoms with Gasteiger partial charge in [0.05, 0.1) is 21.3 Å². The number of thiazole rings is 1. The molecular weight excluding hydrogens is 409 g/mol. The topological polar surface area (TPSA) is 45.2 Å². The fourth-order valence-corrected chi connectivity index (χ4v) is 5.65. The van der Waals surface area contributed by atoms with Gasteiger partial charge < -0.3 is 10.2 Å². The van der Waals surface area contributed by atoms with E-state index >= 15 is 0 Å². The minimum atomic E-state index is -0.242. The predicted molar refractivity (Wildman–Crippen MR) is 116 cm³/mol. The van der Waals surface area contributed by atoms with Gasteiger partial charge in [0.15, 0.2) is 0 Å². The van der Waals surface area contributed by atoms with Gasteiger partial charge in [-0.05, 0) is 35.7 Å². The molecule has 0 saturated carbocycles. The summed E-state index contributed by atoms with van der Waals surface area (Å²) in [6.07, 6.45) is 1.09. The number of aromatic nitrogens is 1. The van der Waals surface area contributed by atoms with Gasteiger partial charge in [-0.2, -0.15) is 0 Å². The molecule has 2 fully saturated rings. The molecule has 2 saturated heterocycles. The Morgan fingerprint density at radius 3 is 2.90 bits per heavy atom. The van der Waals surface area contributed by atoms with Crippen molar-refractivity contribution >= 4 is 39.9 Å². The maximum absolute atomic E-state index is 13.8. The number of nitrogens with zero attached hydrogens (tertiary/aromatic N) is 2. The molecule has 0 radical (unpaired) electrons. The van der Waals surface area contributed by atoms with E-state index in [9.17, 15) is 9.18 Å². The highest BCUT2D eigenvalue weighted by Gasteiger charge is 2.46. The van der Waals surface area contributed by atoms with Crippen molar-refractivity contribution in [2.24, 2.45) is 11.8 Å². The number of carbonyl (C=O) groups is 1. The van der Waals surface area contributed by atoms with Crippen LogP contribution in [0.5, 0.6) is 0 Å². The monoisotopic (exact) mass is 431 g/mol. The molecule has 0 bridgehead atoms. The van der Waals surface area contributed by atoms with E-state index in [1.165, 1.54) is 6.07 Å². The molecule has 5 rings (SSSR count). The van der Waals surface area contributed by atoms with Crippen LogP contribution in [0.1, 0.15) is 23.0 Å². The van der Waals surface area contributed by atoms with Crippen LogP contribution in [0.15, 0.2) is 48.5 Å². The second-order valence-corrected chi connectivity index (χ2v) is 8.82. The minimum Gasteiger partial charge on any atom is -0.335 e. The number of likely N-dealkylation sites (tertiary alicyclic amines) is 1. The summed E-state index contributed by atoms with van der Waals surface area (Å²) in [5.41, 5.74) is 1.90. The zero-order valence-electron chi connectivity index (χ0n) is 15.9. The highest BCUT2D eigenvalue weighted by molar-refractivity contribution is 7.18. The van der Waals surface area contributed by atoms with Crippen molar-refractivity contribution in [1.82, 2.24) is 15.2 Å². The molecule has 3 heterocycles. The Hall–Kier alpha value is -2.02. The molecule has 2 aliphatic rings. The second kappa shape index (κ2) is 8.38. The number of aryl methyl sites for hydroxylation is 1. The van der Waals surface area contributed by atoms with E-state index in [4.69, 9.17) is 0 Å². The number of benzene rings is 2. The predicted octanol–water partition coefficient (Wildman–Crippen LogP) is 4.21. The van der Waals surface area contributed by atoms with Crippen LogP contribution in [0.4, 0.5) is 4.39 Å². The minimum absolute atomic E-state index is 0. The average molecular weight is 432 g/mol. The van der Waals surface area contributed by atoms with Gasteiger partial charge in [-0.15, -0.1) is 23.7 Å². The molecule has 0 unspecified atom stereocenters. The lowest BCUT2D eigenvalue weighted by Gasteiger charge is -2.28. The fourth-order valence-electron chi connectivity index (χ4n) is 4.68. The van der Waals surface area contributed by atoms with Gasteiger partial charge in [0.25, 0.3) is 0 Å². The van der Waals surface area contributed by atoms with Gasteiger partial charge in [0.2, 0.25) is 5.91 Å². The number of nitrogens with one attached hydrogen (secondary N) is 1. The van der Waals surface area contributed by atoms with Gasteiger partial charge in [0.1, 0.15) is 5.82 Å². The second-order valence-electron chi connectivity index (χ2n) is 7.70. The molecule has 3 aromatic rings. The van der Waals surface area contributed by atoms with Crippen LogP contribution in [0.2, 0.25) is 0 Å². The number of para-hydroxylation sites is 1. The summed E-state index contributed by atoms with van der Waals surface area (Å²) in [5.74, 6) is 0.699. The zero-order chi connectivity index (χ0) is 19.1. The maximum Gasteiger partial charge on any atom is 0.223 e. The molecule has 152 valence electrons. The molecule has 2 aromatic carbocycles. The lowest BCUT2D eigenvalue weighted by atomic mass is 9.89. The van der Waals surface area contributed by atoms with E-state index in [0.717, 1.165) is 40.4 Å². The van der Waals surface area contributed by atoms with Gasteiger partial charge in [-0.3, -0.25) is 4.79 Å². The van der Waals surface area contributed by atoms with Crippen molar-refractivity contribution in [3.05, 3.63) is 64.9 Å². The number of halogens is 2. The first-order valence-corrected chi connectivity index (χ1v) is 10.6. The highest BCUT2D eigenvalue weighted by atomic mass is 35.5. The Bertz CT molecular complexity index is 993. The van der Waals surface area contributed by atoms with Crippen LogP contribution in [0.3, 0.4) is 0 Å². The van der Waals surface area contributed by atoms with E-state index < -0.39 is 0 Å². The van der Waals surface area contributed by atoms with Crippen LogP contribution < -0.4 is 5.32 Å². The molecule has 3 atom stereocenters. The first-order chi connectivity index (χ1) is 13.7. The maximum atomic E-state index is 13.8. The van der Waals surface area contributed by atoms with E-state index in [1.807, 2.05) is 29.2 Å². The number of carbonyl (C=O) groups excluding carboxylic acids is 1. The van der Waals surface area contributed by atoms with E-state index in [1.54, 1.807) is 23.5 Å². The molecule has 2 aliphatic heterocycles. The summed E-state index contributed by atoms with van der Waals surface area (Å²) in [6.45, 7) is 2.56. The van der Waals surface area contributed by atoms with Crippen LogP contribution in [-0.2, 0) is 11.2 Å². The Balaban J connectivity index is 0.00000205. The number of hydrogen-bond donors (Lipinski definition) is 1. The summed E-state index contributed by atoms with van der Waals surface area (Å²) >= 11 is 1.66. The van der Waals surface area contributed by atoms with Crippen LogP contribution in [-0.4, -0.2) is 35.4 Å². The highest BCUT2D eigenvalue weighted by Crippen LogP contribution is 2.43. The molecule has 7 heteroatoms. The van der Waals surface area contributed by atoms with E-state index in [-0.39, 0.29) is 30.2 Å². The first-order valence-electron chi connectivity index (χ1n) is 9.79.